The Kier molecular flexibility index (Phi) is 3.57. The molecule has 0 spiro atoms. The lowest BCUT2D eigenvalue weighted by molar-refractivity contribution is 0.514. The average molecular weight is 360 g/mol. The molecule has 4 aromatic rings. The molecule has 4 N–H and O–H groups in total. The molecule has 0 aliphatic rings. The van der Waals surface area contributed by atoms with Crippen molar-refractivity contribution in [1.29, 1.82) is 0 Å². The lowest BCUT2D eigenvalue weighted by Gasteiger charge is -1.99. The van der Waals surface area contributed by atoms with Crippen LogP contribution in [0.5, 0.6) is 0 Å². The van der Waals surface area contributed by atoms with Crippen LogP contribution in [0.25, 0.3) is 33.1 Å². The van der Waals surface area contributed by atoms with Gasteiger partial charge in [0, 0.05) is 22.7 Å². The van der Waals surface area contributed by atoms with Crippen molar-refractivity contribution in [1.82, 2.24) is 14.7 Å². The summed E-state index contributed by atoms with van der Waals surface area (Å²) in [6.07, 6.45) is 1.80. The average Bonchev–Trinajstić information content (AvgIpc) is 3.14. The normalized spacial score (nSPS) is 12.2. The zero-order valence-corrected chi connectivity index (χ0v) is 13.6. The molecular formula is C16H13FN4O3S. The van der Waals surface area contributed by atoms with Gasteiger partial charge in [-0.25, -0.2) is 14.5 Å². The van der Waals surface area contributed by atoms with Gasteiger partial charge in [0.2, 0.25) is 5.89 Å². The molecule has 0 aliphatic heterocycles. The quantitative estimate of drug-likeness (QED) is 0.518. The molecule has 0 saturated heterocycles. The third kappa shape index (κ3) is 3.12. The summed E-state index contributed by atoms with van der Waals surface area (Å²) in [5, 5.41) is 5.78. The molecule has 0 radical (unpaired) electrons. The van der Waals surface area contributed by atoms with Gasteiger partial charge in [-0.1, -0.05) is 6.07 Å². The van der Waals surface area contributed by atoms with Crippen molar-refractivity contribution < 1.29 is 17.2 Å². The van der Waals surface area contributed by atoms with E-state index in [0.29, 0.717) is 16.6 Å². The van der Waals surface area contributed by atoms with Gasteiger partial charge < -0.3 is 9.40 Å². The van der Waals surface area contributed by atoms with Gasteiger partial charge in [-0.2, -0.15) is 13.1 Å². The maximum Gasteiger partial charge on any atom is 0.274 e. The monoisotopic (exact) mass is 360 g/mol. The molecule has 0 bridgehead atoms. The van der Waals surface area contributed by atoms with E-state index in [1.807, 2.05) is 6.07 Å². The summed E-state index contributed by atoms with van der Waals surface area (Å²) in [7, 11) is -3.82. The van der Waals surface area contributed by atoms with Crippen LogP contribution in [-0.2, 0) is 16.8 Å². The van der Waals surface area contributed by atoms with E-state index in [-0.39, 0.29) is 18.3 Å². The molecule has 7 nitrogen and oxygen atoms in total. The number of nitrogens with zero attached hydrogens (tertiary/aromatic N) is 1. The molecule has 0 aliphatic carbocycles. The van der Waals surface area contributed by atoms with Crippen LogP contribution in [0.4, 0.5) is 4.39 Å². The van der Waals surface area contributed by atoms with Crippen LogP contribution in [-0.4, -0.2) is 18.4 Å². The fourth-order valence-corrected chi connectivity index (χ4v) is 3.04. The van der Waals surface area contributed by atoms with Gasteiger partial charge in [-0.05, 0) is 35.9 Å². The number of aromatic amines is 1. The summed E-state index contributed by atoms with van der Waals surface area (Å²) in [4.78, 5) is 7.25. The van der Waals surface area contributed by atoms with Gasteiger partial charge in [0.25, 0.3) is 10.2 Å². The van der Waals surface area contributed by atoms with Crippen LogP contribution in [0.1, 0.15) is 5.89 Å². The predicted molar refractivity (Wildman–Crippen MR) is 91.2 cm³/mol. The Balaban J connectivity index is 1.73. The van der Waals surface area contributed by atoms with Crippen LogP contribution in [0.15, 0.2) is 47.0 Å². The number of oxazole rings is 1. The molecule has 0 amide bonds. The number of rotatable bonds is 4. The number of H-pyrrole nitrogens is 1. The molecule has 2 heterocycles. The highest BCUT2D eigenvalue weighted by atomic mass is 32.2. The number of aromatic nitrogens is 2. The van der Waals surface area contributed by atoms with E-state index in [1.54, 1.807) is 24.4 Å². The maximum atomic E-state index is 13.3. The van der Waals surface area contributed by atoms with Crippen LogP contribution in [0, 0.1) is 5.82 Å². The van der Waals surface area contributed by atoms with Crippen molar-refractivity contribution in [2.45, 2.75) is 6.54 Å². The topological polar surface area (TPSA) is 114 Å². The van der Waals surface area contributed by atoms with Crippen molar-refractivity contribution in [3.05, 3.63) is 54.3 Å². The van der Waals surface area contributed by atoms with E-state index in [4.69, 9.17) is 9.56 Å². The lowest BCUT2D eigenvalue weighted by atomic mass is 10.0. The second-order valence-electron chi connectivity index (χ2n) is 5.55. The van der Waals surface area contributed by atoms with Gasteiger partial charge in [-0.15, -0.1) is 0 Å². The summed E-state index contributed by atoms with van der Waals surface area (Å²) in [6.45, 7) is -0.130. The van der Waals surface area contributed by atoms with Crippen molar-refractivity contribution in [3.8, 4) is 11.1 Å². The molecule has 4 rings (SSSR count). The van der Waals surface area contributed by atoms with E-state index < -0.39 is 10.2 Å². The van der Waals surface area contributed by atoms with Crippen molar-refractivity contribution in [3.63, 3.8) is 0 Å². The Morgan fingerprint density at radius 2 is 2.08 bits per heavy atom. The SMILES string of the molecule is NS(=O)(=O)NCc1nc2ccc(-c3c[nH]c4cc(F)ccc34)cc2o1. The number of nitrogens with one attached hydrogen (secondary N) is 2. The van der Waals surface area contributed by atoms with Gasteiger partial charge in [0.15, 0.2) is 5.58 Å². The van der Waals surface area contributed by atoms with Crippen LogP contribution < -0.4 is 9.86 Å². The first-order valence-corrected chi connectivity index (χ1v) is 8.87. The molecule has 0 saturated carbocycles. The summed E-state index contributed by atoms with van der Waals surface area (Å²) in [6, 6.07) is 9.99. The van der Waals surface area contributed by atoms with E-state index in [2.05, 4.69) is 14.7 Å². The smallest absolute Gasteiger partial charge is 0.274 e. The lowest BCUT2D eigenvalue weighted by Crippen LogP contribution is -2.30. The number of halogens is 1. The van der Waals surface area contributed by atoms with Gasteiger partial charge in [-0.3, -0.25) is 0 Å². The first-order valence-electron chi connectivity index (χ1n) is 7.33. The van der Waals surface area contributed by atoms with Crippen LogP contribution in [0.3, 0.4) is 0 Å². The molecule has 0 unspecified atom stereocenters. The van der Waals surface area contributed by atoms with E-state index in [0.717, 1.165) is 16.5 Å². The second-order valence-corrected chi connectivity index (χ2v) is 6.93. The van der Waals surface area contributed by atoms with Crippen molar-refractivity contribution in [2.24, 2.45) is 5.14 Å². The first kappa shape index (κ1) is 15.8. The third-order valence-electron chi connectivity index (χ3n) is 3.81. The number of hydrogen-bond donors (Lipinski definition) is 3. The minimum atomic E-state index is -3.82. The Labute approximate surface area is 141 Å². The maximum absolute atomic E-state index is 13.3. The fourth-order valence-electron chi connectivity index (χ4n) is 2.72. The van der Waals surface area contributed by atoms with Crippen LogP contribution >= 0.6 is 0 Å². The number of nitrogens with two attached hydrogens (primary N) is 1. The largest absolute Gasteiger partial charge is 0.439 e. The highest BCUT2D eigenvalue weighted by molar-refractivity contribution is 7.87. The summed E-state index contributed by atoms with van der Waals surface area (Å²) >= 11 is 0. The van der Waals surface area contributed by atoms with Gasteiger partial charge in [0.05, 0.1) is 6.54 Å². The Bertz CT molecular complexity index is 1200. The molecule has 0 atom stereocenters. The standard InChI is InChI=1S/C16H13FN4O3S/c17-10-2-3-11-12(7-19-14(11)6-10)9-1-4-13-15(5-9)24-16(21-13)8-20-25(18,22)23/h1-7,19-20H,8H2,(H2,18,22,23). The zero-order valence-electron chi connectivity index (χ0n) is 12.8. The zero-order chi connectivity index (χ0) is 17.6. The molecule has 2 aromatic heterocycles. The summed E-state index contributed by atoms with van der Waals surface area (Å²) in [5.41, 5.74) is 3.58. The van der Waals surface area contributed by atoms with Crippen LogP contribution in [0.2, 0.25) is 0 Å². The highest BCUT2D eigenvalue weighted by Crippen LogP contribution is 2.31. The minimum absolute atomic E-state index is 0.130. The summed E-state index contributed by atoms with van der Waals surface area (Å²) < 4.78 is 42.9. The number of hydrogen-bond acceptors (Lipinski definition) is 4. The van der Waals surface area contributed by atoms with Crippen molar-refractivity contribution >= 4 is 32.2 Å². The highest BCUT2D eigenvalue weighted by Gasteiger charge is 2.12. The Hall–Kier alpha value is -2.75. The first-order chi connectivity index (χ1) is 11.9. The molecule has 128 valence electrons. The van der Waals surface area contributed by atoms with Gasteiger partial charge in [0.1, 0.15) is 11.3 Å². The molecule has 0 fully saturated rings. The number of fused-ring (bicyclic) bond motifs is 2. The predicted octanol–water partition coefficient (Wildman–Crippen LogP) is 2.41. The van der Waals surface area contributed by atoms with Crippen molar-refractivity contribution in [2.75, 3.05) is 0 Å². The molecule has 25 heavy (non-hydrogen) atoms. The van der Waals surface area contributed by atoms with E-state index >= 15 is 0 Å². The van der Waals surface area contributed by atoms with E-state index in [1.165, 1.54) is 12.1 Å². The molecule has 2 aromatic carbocycles. The third-order valence-corrected chi connectivity index (χ3v) is 4.36. The second kappa shape index (κ2) is 5.66. The van der Waals surface area contributed by atoms with E-state index in [9.17, 15) is 12.8 Å². The van der Waals surface area contributed by atoms with Gasteiger partial charge >= 0.3 is 0 Å². The minimum Gasteiger partial charge on any atom is -0.439 e. The Morgan fingerprint density at radius 3 is 2.88 bits per heavy atom. The molecule has 9 heteroatoms. The Morgan fingerprint density at radius 1 is 1.24 bits per heavy atom. The number of benzene rings is 2. The summed E-state index contributed by atoms with van der Waals surface area (Å²) in [5.74, 6) is -0.0965. The molecular weight excluding hydrogens is 347 g/mol. The fraction of sp³-hybridized carbons (Fsp3) is 0.0625.